The molecule has 110 valence electrons. The van der Waals surface area contributed by atoms with Crippen LogP contribution in [0.1, 0.15) is 18.4 Å². The zero-order valence-electron chi connectivity index (χ0n) is 12.0. The Morgan fingerprint density at radius 3 is 3.05 bits per heavy atom. The van der Waals surface area contributed by atoms with E-state index >= 15 is 0 Å². The molecule has 1 aliphatic rings. The normalized spacial score (nSPS) is 19.6. The monoisotopic (exact) mass is 296 g/mol. The topological polar surface area (TPSA) is 41.6 Å². The lowest BCUT2D eigenvalue weighted by molar-refractivity contribution is 0.107. The smallest absolute Gasteiger partial charge is 0.411 e. The lowest BCUT2D eigenvalue weighted by Crippen LogP contribution is -2.35. The molecule has 5 heteroatoms. The van der Waals surface area contributed by atoms with Gasteiger partial charge in [0.2, 0.25) is 0 Å². The number of nitrogens with one attached hydrogen (secondary N) is 1. The minimum atomic E-state index is -0.436. The molecule has 0 aromatic heterocycles. The van der Waals surface area contributed by atoms with Gasteiger partial charge in [-0.2, -0.15) is 0 Å². The van der Waals surface area contributed by atoms with Gasteiger partial charge in [-0.05, 0) is 45.0 Å². The molecular formula is C15H21ClN2O2. The Morgan fingerprint density at radius 2 is 2.35 bits per heavy atom. The van der Waals surface area contributed by atoms with Crippen LogP contribution < -0.4 is 5.32 Å². The van der Waals surface area contributed by atoms with Gasteiger partial charge in [0.15, 0.2) is 0 Å². The number of rotatable bonds is 3. The lowest BCUT2D eigenvalue weighted by atomic mass is 10.00. The predicted molar refractivity (Wildman–Crippen MR) is 81.4 cm³/mol. The summed E-state index contributed by atoms with van der Waals surface area (Å²) in [5.74, 6) is 0.423. The standard InChI is InChI=1S/C15H21ClN2O2/c1-11-5-3-7-13(16)14(11)17-15(19)20-10-12-6-4-8-18(2)9-12/h3,5,7,12H,4,6,8-10H2,1-2H3,(H,17,19). The average molecular weight is 297 g/mol. The van der Waals surface area contributed by atoms with Crippen molar-refractivity contribution in [3.8, 4) is 0 Å². The molecule has 0 spiro atoms. The first kappa shape index (κ1) is 15.1. The SMILES string of the molecule is Cc1cccc(Cl)c1NC(=O)OCC1CCCN(C)C1. The summed E-state index contributed by atoms with van der Waals surface area (Å²) in [6.45, 7) is 4.47. The van der Waals surface area contributed by atoms with Gasteiger partial charge >= 0.3 is 6.09 Å². The minimum Gasteiger partial charge on any atom is -0.449 e. The van der Waals surface area contributed by atoms with E-state index in [2.05, 4.69) is 17.3 Å². The van der Waals surface area contributed by atoms with Crippen LogP contribution in [0.25, 0.3) is 0 Å². The summed E-state index contributed by atoms with van der Waals surface area (Å²) in [7, 11) is 2.10. The van der Waals surface area contributed by atoms with E-state index in [0.29, 0.717) is 23.2 Å². The number of carbonyl (C=O) groups excluding carboxylic acids is 1. The second-order valence-electron chi connectivity index (χ2n) is 5.43. The first-order valence-electron chi connectivity index (χ1n) is 6.93. The predicted octanol–water partition coefficient (Wildman–Crippen LogP) is 3.54. The number of carbonyl (C=O) groups is 1. The highest BCUT2D eigenvalue weighted by Crippen LogP contribution is 2.25. The maximum Gasteiger partial charge on any atom is 0.411 e. The molecule has 1 aliphatic heterocycles. The van der Waals surface area contributed by atoms with Crippen LogP contribution in [0.5, 0.6) is 0 Å². The third-order valence-corrected chi connectivity index (χ3v) is 3.94. The van der Waals surface area contributed by atoms with E-state index in [9.17, 15) is 4.79 Å². The summed E-state index contributed by atoms with van der Waals surface area (Å²) in [5, 5.41) is 3.25. The van der Waals surface area contributed by atoms with Gasteiger partial charge in [0.05, 0.1) is 17.3 Å². The highest BCUT2D eigenvalue weighted by atomic mass is 35.5. The van der Waals surface area contributed by atoms with Crippen LogP contribution in [0, 0.1) is 12.8 Å². The summed E-state index contributed by atoms with van der Waals surface area (Å²) in [5.41, 5.74) is 1.55. The van der Waals surface area contributed by atoms with Crippen molar-refractivity contribution in [1.82, 2.24) is 4.90 Å². The van der Waals surface area contributed by atoms with Crippen LogP contribution in [-0.4, -0.2) is 37.7 Å². The largest absolute Gasteiger partial charge is 0.449 e. The number of hydrogen-bond acceptors (Lipinski definition) is 3. The van der Waals surface area contributed by atoms with Crippen LogP contribution in [0.15, 0.2) is 18.2 Å². The molecule has 1 heterocycles. The molecule has 0 aliphatic carbocycles. The molecule has 1 amide bonds. The van der Waals surface area contributed by atoms with Gasteiger partial charge in [-0.25, -0.2) is 4.79 Å². The second-order valence-corrected chi connectivity index (χ2v) is 5.83. The fourth-order valence-corrected chi connectivity index (χ4v) is 2.80. The van der Waals surface area contributed by atoms with E-state index in [1.807, 2.05) is 19.1 Å². The number of para-hydroxylation sites is 1. The third-order valence-electron chi connectivity index (χ3n) is 3.62. The van der Waals surface area contributed by atoms with Crippen molar-refractivity contribution in [2.75, 3.05) is 32.1 Å². The highest BCUT2D eigenvalue weighted by Gasteiger charge is 2.19. The zero-order valence-corrected chi connectivity index (χ0v) is 12.7. The second kappa shape index (κ2) is 6.95. The molecule has 1 aromatic rings. The maximum atomic E-state index is 11.8. The highest BCUT2D eigenvalue weighted by molar-refractivity contribution is 6.33. The summed E-state index contributed by atoms with van der Waals surface area (Å²) in [4.78, 5) is 14.1. The van der Waals surface area contributed by atoms with Gasteiger partial charge in [-0.3, -0.25) is 5.32 Å². The quantitative estimate of drug-likeness (QED) is 0.927. The Morgan fingerprint density at radius 1 is 1.55 bits per heavy atom. The van der Waals surface area contributed by atoms with Crippen LogP contribution in [0.2, 0.25) is 5.02 Å². The Kier molecular flexibility index (Phi) is 5.26. The Labute approximate surface area is 125 Å². The molecule has 0 saturated carbocycles. The molecule has 0 bridgehead atoms. The zero-order chi connectivity index (χ0) is 14.5. The fourth-order valence-electron chi connectivity index (χ4n) is 2.53. The van der Waals surface area contributed by atoms with Crippen molar-refractivity contribution < 1.29 is 9.53 Å². The molecule has 1 saturated heterocycles. The first-order valence-corrected chi connectivity index (χ1v) is 7.31. The molecule has 1 atom stereocenters. The van der Waals surface area contributed by atoms with Crippen molar-refractivity contribution in [2.45, 2.75) is 19.8 Å². The van der Waals surface area contributed by atoms with Gasteiger partial charge in [-0.1, -0.05) is 23.7 Å². The molecule has 4 nitrogen and oxygen atoms in total. The number of benzene rings is 1. The Bertz CT molecular complexity index is 459. The van der Waals surface area contributed by atoms with Gasteiger partial charge in [0, 0.05) is 12.5 Å². The number of amides is 1. The molecule has 1 fully saturated rings. The molecule has 2 rings (SSSR count). The van der Waals surface area contributed by atoms with Crippen molar-refractivity contribution >= 4 is 23.4 Å². The summed E-state index contributed by atoms with van der Waals surface area (Å²) in [6.07, 6.45) is 1.84. The summed E-state index contributed by atoms with van der Waals surface area (Å²) >= 11 is 6.06. The average Bonchev–Trinajstić information content (AvgIpc) is 2.41. The number of aryl methyl sites for hydroxylation is 1. The van der Waals surface area contributed by atoms with Crippen LogP contribution in [0.3, 0.4) is 0 Å². The van der Waals surface area contributed by atoms with E-state index in [0.717, 1.165) is 31.5 Å². The Hall–Kier alpha value is -1.26. The number of ether oxygens (including phenoxy) is 1. The third kappa shape index (κ3) is 4.12. The number of nitrogens with zero attached hydrogens (tertiary/aromatic N) is 1. The number of piperidine rings is 1. The molecule has 1 unspecified atom stereocenters. The van der Waals surface area contributed by atoms with Gasteiger partial charge in [0.25, 0.3) is 0 Å². The van der Waals surface area contributed by atoms with Crippen LogP contribution in [-0.2, 0) is 4.74 Å². The van der Waals surface area contributed by atoms with Crippen molar-refractivity contribution in [1.29, 1.82) is 0 Å². The van der Waals surface area contributed by atoms with Crippen molar-refractivity contribution in [2.24, 2.45) is 5.92 Å². The van der Waals surface area contributed by atoms with Gasteiger partial charge in [-0.15, -0.1) is 0 Å². The number of likely N-dealkylation sites (tertiary alicyclic amines) is 1. The molecule has 20 heavy (non-hydrogen) atoms. The van der Waals surface area contributed by atoms with Crippen molar-refractivity contribution in [3.63, 3.8) is 0 Å². The van der Waals surface area contributed by atoms with E-state index in [4.69, 9.17) is 16.3 Å². The molecular weight excluding hydrogens is 276 g/mol. The van der Waals surface area contributed by atoms with E-state index in [1.54, 1.807) is 6.07 Å². The van der Waals surface area contributed by atoms with Crippen molar-refractivity contribution in [3.05, 3.63) is 28.8 Å². The van der Waals surface area contributed by atoms with Gasteiger partial charge < -0.3 is 9.64 Å². The van der Waals surface area contributed by atoms with E-state index in [-0.39, 0.29) is 0 Å². The van der Waals surface area contributed by atoms with Gasteiger partial charge in [0.1, 0.15) is 0 Å². The van der Waals surface area contributed by atoms with Crippen LogP contribution in [0.4, 0.5) is 10.5 Å². The summed E-state index contributed by atoms with van der Waals surface area (Å²) in [6, 6.07) is 5.50. The lowest BCUT2D eigenvalue weighted by Gasteiger charge is -2.29. The van der Waals surface area contributed by atoms with E-state index in [1.165, 1.54) is 0 Å². The molecule has 1 N–H and O–H groups in total. The van der Waals surface area contributed by atoms with E-state index < -0.39 is 6.09 Å². The van der Waals surface area contributed by atoms with Crippen LogP contribution >= 0.6 is 11.6 Å². The number of anilines is 1. The molecule has 1 aromatic carbocycles. The Balaban J connectivity index is 1.83. The maximum absolute atomic E-state index is 11.8. The summed E-state index contributed by atoms with van der Waals surface area (Å²) < 4.78 is 5.31. The first-order chi connectivity index (χ1) is 9.56. The minimum absolute atomic E-state index is 0.423. The fraction of sp³-hybridized carbons (Fsp3) is 0.533. The number of hydrogen-bond donors (Lipinski definition) is 1. The number of halogens is 1. The molecule has 0 radical (unpaired) electrons.